The minimum absolute atomic E-state index is 0.0169. The molecule has 1 amide bonds. The van der Waals surface area contributed by atoms with Crippen molar-refractivity contribution in [2.24, 2.45) is 5.73 Å². The van der Waals surface area contributed by atoms with Crippen LogP contribution in [0.1, 0.15) is 53.4 Å². The lowest BCUT2D eigenvalue weighted by Gasteiger charge is -2.22. The molecule has 3 aromatic rings. The van der Waals surface area contributed by atoms with Crippen molar-refractivity contribution in [1.29, 1.82) is 0 Å². The lowest BCUT2D eigenvalue weighted by molar-refractivity contribution is -0.104. The molecule has 0 saturated heterocycles. The van der Waals surface area contributed by atoms with Gasteiger partial charge in [-0.1, -0.05) is 92.2 Å². The predicted octanol–water partition coefficient (Wildman–Crippen LogP) is 6.46. The molecule has 0 aromatic heterocycles. The molecule has 224 valence electrons. The van der Waals surface area contributed by atoms with Crippen LogP contribution in [0.4, 0.5) is 0 Å². The number of hydrogen-bond acceptors (Lipinski definition) is 6. The summed E-state index contributed by atoms with van der Waals surface area (Å²) in [5.41, 5.74) is 11.3. The standard InChI is InChI=1S/C31H34ClN3O3.C2H6.CH2O/c1-23(34(2)19-25-11-9-10-24(17-25)18-33)16-30(29(32)21-36)38-22-28-15-8-7-14-27(28)20-35(3)31(37)26-12-5-4-6-13-26;2*1-2/h4-17,21H,18-20,22,33H2,1-3H3;1-2H3;1H2/b23-16-,30-29-;;. The molecule has 0 atom stereocenters. The Bertz CT molecular complexity index is 1330. The smallest absolute Gasteiger partial charge is 0.253 e. The zero-order valence-electron chi connectivity index (χ0n) is 25.2. The van der Waals surface area contributed by atoms with Gasteiger partial charge in [-0.25, -0.2) is 0 Å². The number of aldehydes is 1. The first-order chi connectivity index (χ1) is 20.3. The zero-order chi connectivity index (χ0) is 31.5. The molecule has 0 aliphatic carbocycles. The number of carbonyl (C=O) groups is 3. The summed E-state index contributed by atoms with van der Waals surface area (Å²) in [6.07, 6.45) is 2.33. The molecular formula is C34H42ClN3O4. The molecule has 0 spiro atoms. The van der Waals surface area contributed by atoms with E-state index >= 15 is 0 Å². The Balaban J connectivity index is 0.00000211. The van der Waals surface area contributed by atoms with Crippen LogP contribution in [-0.2, 0) is 40.6 Å². The maximum Gasteiger partial charge on any atom is 0.253 e. The van der Waals surface area contributed by atoms with E-state index in [-0.39, 0.29) is 23.3 Å². The van der Waals surface area contributed by atoms with Gasteiger partial charge in [-0.05, 0) is 41.3 Å². The van der Waals surface area contributed by atoms with Crippen LogP contribution < -0.4 is 5.73 Å². The molecule has 2 N–H and O–H groups in total. The van der Waals surface area contributed by atoms with E-state index in [1.807, 2.05) is 100 Å². The van der Waals surface area contributed by atoms with E-state index in [2.05, 4.69) is 6.07 Å². The van der Waals surface area contributed by atoms with E-state index in [4.69, 9.17) is 26.9 Å². The fourth-order valence-corrected chi connectivity index (χ4v) is 4.04. The molecule has 3 aromatic carbocycles. The number of ether oxygens (including phenoxy) is 1. The van der Waals surface area contributed by atoms with Crippen LogP contribution >= 0.6 is 11.6 Å². The first-order valence-electron chi connectivity index (χ1n) is 13.6. The van der Waals surface area contributed by atoms with Crippen molar-refractivity contribution in [3.63, 3.8) is 0 Å². The summed E-state index contributed by atoms with van der Waals surface area (Å²) in [4.78, 5) is 36.1. The van der Waals surface area contributed by atoms with Crippen molar-refractivity contribution in [2.75, 3.05) is 14.1 Å². The summed E-state index contributed by atoms with van der Waals surface area (Å²) in [6, 6.07) is 25.0. The Morgan fingerprint density at radius 2 is 1.48 bits per heavy atom. The number of nitrogens with two attached hydrogens (primary N) is 1. The van der Waals surface area contributed by atoms with Crippen LogP contribution in [-0.4, -0.2) is 42.9 Å². The third-order valence-corrected chi connectivity index (χ3v) is 6.48. The number of halogens is 1. The highest BCUT2D eigenvalue weighted by molar-refractivity contribution is 6.39. The fourth-order valence-electron chi connectivity index (χ4n) is 3.93. The second-order valence-corrected chi connectivity index (χ2v) is 9.49. The molecule has 8 heteroatoms. The first kappa shape index (κ1) is 35.8. The summed E-state index contributed by atoms with van der Waals surface area (Å²) < 4.78 is 6.05. The largest absolute Gasteiger partial charge is 0.487 e. The highest BCUT2D eigenvalue weighted by atomic mass is 35.5. The normalized spacial score (nSPS) is 11.1. The van der Waals surface area contributed by atoms with Crippen molar-refractivity contribution < 1.29 is 19.1 Å². The average molecular weight is 592 g/mol. The minimum atomic E-state index is -0.0653. The lowest BCUT2D eigenvalue weighted by atomic mass is 10.1. The van der Waals surface area contributed by atoms with Crippen molar-refractivity contribution >= 4 is 30.6 Å². The number of carbonyl (C=O) groups excluding carboxylic acids is 3. The Hall–Kier alpha value is -4.20. The van der Waals surface area contributed by atoms with Crippen LogP contribution in [0.25, 0.3) is 0 Å². The predicted molar refractivity (Wildman–Crippen MR) is 170 cm³/mol. The fraction of sp³-hybridized carbons (Fsp3) is 0.265. The topological polar surface area (TPSA) is 92.9 Å². The van der Waals surface area contributed by atoms with E-state index in [9.17, 15) is 9.59 Å². The van der Waals surface area contributed by atoms with E-state index in [0.717, 1.165) is 28.0 Å². The van der Waals surface area contributed by atoms with Gasteiger partial charge in [0.25, 0.3) is 5.91 Å². The molecule has 0 aliphatic heterocycles. The maximum atomic E-state index is 12.8. The lowest BCUT2D eigenvalue weighted by Crippen LogP contribution is -2.26. The number of allylic oxidation sites excluding steroid dienone is 3. The third kappa shape index (κ3) is 11.4. The highest BCUT2D eigenvalue weighted by Crippen LogP contribution is 2.20. The molecule has 3 rings (SSSR count). The van der Waals surface area contributed by atoms with Gasteiger partial charge in [0, 0.05) is 51.1 Å². The van der Waals surface area contributed by atoms with Gasteiger partial charge < -0.3 is 25.1 Å². The average Bonchev–Trinajstić information content (AvgIpc) is 3.05. The molecule has 0 heterocycles. The Morgan fingerprint density at radius 1 is 0.881 bits per heavy atom. The summed E-state index contributed by atoms with van der Waals surface area (Å²) in [5.74, 6) is 0.217. The molecule has 0 saturated carbocycles. The quantitative estimate of drug-likeness (QED) is 0.112. The molecule has 0 bridgehead atoms. The third-order valence-electron chi connectivity index (χ3n) is 6.20. The number of rotatable bonds is 12. The summed E-state index contributed by atoms with van der Waals surface area (Å²) in [6.45, 7) is 9.68. The van der Waals surface area contributed by atoms with E-state index in [1.165, 1.54) is 0 Å². The SMILES string of the molecule is C/C(=C/C(OCc1ccccc1CN(C)C(=O)c1ccccc1)=C(/Cl)C=O)N(C)Cc1cccc(CN)c1.C=O.CC. The molecular weight excluding hydrogens is 550 g/mol. The molecule has 0 radical (unpaired) electrons. The highest BCUT2D eigenvalue weighted by Gasteiger charge is 2.14. The molecule has 0 aliphatic rings. The molecule has 0 fully saturated rings. The van der Waals surface area contributed by atoms with Gasteiger partial charge in [0.1, 0.15) is 24.2 Å². The molecule has 0 unspecified atom stereocenters. The van der Waals surface area contributed by atoms with Gasteiger partial charge in [-0.3, -0.25) is 9.59 Å². The summed E-state index contributed by atoms with van der Waals surface area (Å²) >= 11 is 6.24. The molecule has 7 nitrogen and oxygen atoms in total. The van der Waals surface area contributed by atoms with Crippen molar-refractivity contribution in [1.82, 2.24) is 9.80 Å². The van der Waals surface area contributed by atoms with Crippen molar-refractivity contribution in [2.45, 2.75) is 47.0 Å². The summed E-state index contributed by atoms with van der Waals surface area (Å²) in [7, 11) is 3.73. The van der Waals surface area contributed by atoms with Gasteiger partial charge in [-0.15, -0.1) is 0 Å². The molecule has 42 heavy (non-hydrogen) atoms. The zero-order valence-corrected chi connectivity index (χ0v) is 25.9. The second kappa shape index (κ2) is 19.8. The minimum Gasteiger partial charge on any atom is -0.487 e. The number of nitrogens with zero attached hydrogens (tertiary/aromatic N) is 2. The summed E-state index contributed by atoms with van der Waals surface area (Å²) in [5, 5.41) is -0.0169. The monoisotopic (exact) mass is 591 g/mol. The van der Waals surface area contributed by atoms with Crippen LogP contribution in [0.15, 0.2) is 101 Å². The first-order valence-corrected chi connectivity index (χ1v) is 14.0. The van der Waals surface area contributed by atoms with Gasteiger partial charge in [0.05, 0.1) is 0 Å². The van der Waals surface area contributed by atoms with Gasteiger partial charge in [-0.2, -0.15) is 0 Å². The van der Waals surface area contributed by atoms with E-state index in [1.54, 1.807) is 30.2 Å². The van der Waals surface area contributed by atoms with Gasteiger partial charge >= 0.3 is 0 Å². The van der Waals surface area contributed by atoms with Crippen LogP contribution in [0.2, 0.25) is 0 Å². The number of benzene rings is 3. The van der Waals surface area contributed by atoms with Crippen LogP contribution in [0.3, 0.4) is 0 Å². The second-order valence-electron chi connectivity index (χ2n) is 9.08. The van der Waals surface area contributed by atoms with Crippen LogP contribution in [0.5, 0.6) is 0 Å². The van der Waals surface area contributed by atoms with Crippen molar-refractivity contribution in [3.8, 4) is 0 Å². The van der Waals surface area contributed by atoms with Gasteiger partial charge in [0.15, 0.2) is 6.29 Å². The number of amides is 1. The van der Waals surface area contributed by atoms with E-state index < -0.39 is 0 Å². The van der Waals surface area contributed by atoms with E-state index in [0.29, 0.717) is 31.5 Å². The van der Waals surface area contributed by atoms with Crippen LogP contribution in [0, 0.1) is 0 Å². The Morgan fingerprint density at radius 3 is 2.10 bits per heavy atom. The van der Waals surface area contributed by atoms with Crippen molar-refractivity contribution in [3.05, 3.63) is 129 Å². The Kier molecular flexibility index (Phi) is 16.9. The Labute approximate surface area is 255 Å². The van der Waals surface area contributed by atoms with Gasteiger partial charge in [0.2, 0.25) is 0 Å². The number of hydrogen-bond donors (Lipinski definition) is 1. The maximum absolute atomic E-state index is 12.8.